The van der Waals surface area contributed by atoms with Crippen molar-refractivity contribution in [1.29, 1.82) is 0 Å². The molecule has 0 aliphatic rings. The van der Waals surface area contributed by atoms with Gasteiger partial charge in [-0.05, 0) is 149 Å². The van der Waals surface area contributed by atoms with Crippen LogP contribution in [0.15, 0.2) is 161 Å². The van der Waals surface area contributed by atoms with Gasteiger partial charge in [-0.1, -0.05) is 63.7 Å². The lowest BCUT2D eigenvalue weighted by atomic mass is 10.1. The summed E-state index contributed by atoms with van der Waals surface area (Å²) >= 11 is 0. The van der Waals surface area contributed by atoms with Crippen molar-refractivity contribution >= 4 is 59.9 Å². The number of esters is 8. The Bertz CT molecular complexity index is 3000. The van der Waals surface area contributed by atoms with Crippen LogP contribution in [-0.4, -0.2) is 127 Å². The Morgan fingerprint density at radius 1 is 0.266 bits per heavy atom. The lowest BCUT2D eigenvalue weighted by Crippen LogP contribution is -2.09. The zero-order valence-electron chi connectivity index (χ0n) is 52.9. The van der Waals surface area contributed by atoms with Gasteiger partial charge in [0.2, 0.25) is 11.5 Å². The van der Waals surface area contributed by atoms with E-state index in [9.17, 15) is 38.4 Å². The fourth-order valence-corrected chi connectivity index (χ4v) is 7.90. The maximum absolute atomic E-state index is 13.4. The predicted molar refractivity (Wildman–Crippen MR) is 349 cm³/mol. The zero-order valence-corrected chi connectivity index (χ0v) is 52.9. The summed E-state index contributed by atoms with van der Waals surface area (Å²) in [4.78, 5) is 96.1. The molecule has 0 atom stereocenters. The van der Waals surface area contributed by atoms with E-state index in [0.29, 0.717) is 99.7 Å². The number of carbonyl (C=O) groups is 8. The third-order valence-corrected chi connectivity index (χ3v) is 12.7. The molecule has 502 valence electrons. The van der Waals surface area contributed by atoms with Crippen LogP contribution in [0.3, 0.4) is 0 Å². The lowest BCUT2D eigenvalue weighted by Gasteiger charge is -2.19. The number of carbonyl (C=O) groups excluding carboxylic acids is 8. The number of hydrogen-bond donors (Lipinski definition) is 0. The van der Waals surface area contributed by atoms with Crippen molar-refractivity contribution in [3.8, 4) is 57.1 Å². The lowest BCUT2D eigenvalue weighted by molar-refractivity contribution is -0.138. The first-order valence-electron chi connectivity index (χ1n) is 30.6. The van der Waals surface area contributed by atoms with Crippen LogP contribution in [0.2, 0.25) is 0 Å². The van der Waals surface area contributed by atoms with E-state index in [0.717, 1.165) is 47.6 Å². The molecule has 0 saturated carbocycles. The van der Waals surface area contributed by atoms with E-state index in [1.807, 2.05) is 0 Å². The quantitative estimate of drug-likeness (QED) is 0.0131. The van der Waals surface area contributed by atoms with Crippen molar-refractivity contribution < 1.29 is 105 Å². The van der Waals surface area contributed by atoms with Crippen molar-refractivity contribution in [2.24, 2.45) is 0 Å². The number of ether oxygens (including phenoxy) is 14. The second-order valence-corrected chi connectivity index (χ2v) is 19.7. The van der Waals surface area contributed by atoms with Crippen LogP contribution >= 0.6 is 0 Å². The molecule has 0 N–H and O–H groups in total. The van der Waals surface area contributed by atoms with Gasteiger partial charge in [-0.2, -0.15) is 0 Å². The summed E-state index contributed by atoms with van der Waals surface area (Å²) in [5, 5.41) is 0. The minimum atomic E-state index is -0.701. The smallest absolute Gasteiger partial charge is 0.336 e. The molecule has 4 aromatic carbocycles. The van der Waals surface area contributed by atoms with Crippen LogP contribution in [0.4, 0.5) is 0 Å². The molecule has 0 aliphatic carbocycles. The van der Waals surface area contributed by atoms with Gasteiger partial charge >= 0.3 is 47.8 Å². The highest BCUT2D eigenvalue weighted by molar-refractivity contribution is 5.91. The van der Waals surface area contributed by atoms with E-state index in [1.165, 1.54) is 24.3 Å². The molecule has 0 radical (unpaired) electrons. The van der Waals surface area contributed by atoms with E-state index in [1.54, 1.807) is 72.8 Å². The van der Waals surface area contributed by atoms with E-state index in [4.69, 9.17) is 66.3 Å². The summed E-state index contributed by atoms with van der Waals surface area (Å²) in [6, 6.07) is 20.3. The monoisotopic (exact) mass is 1300 g/mol. The fraction of sp³-hybridized carbons (Fsp3) is 0.333. The van der Waals surface area contributed by atoms with Gasteiger partial charge in [-0.3, -0.25) is 0 Å². The van der Waals surface area contributed by atoms with Crippen molar-refractivity contribution in [3.05, 3.63) is 172 Å². The summed E-state index contributed by atoms with van der Waals surface area (Å²) in [6.07, 6.45) is 17.9. The molecule has 0 amide bonds. The SMILES string of the molecule is C=CC(=O)OCCCCOc1ccc(C=CC(=O)Oc2ccc(-c3ccc(OC(=O)C=Cc4ccc(OCCCCOC(=O)C=C)c(OCCCCOC(=O)C=C)c4OCCCCOC(=O)C=C)cc3)cc2)c(OCCCCOC(=O)C=C)c1OCCCCOC(=O)C=C. The van der Waals surface area contributed by atoms with Crippen LogP contribution in [0.5, 0.6) is 46.0 Å². The molecule has 0 heterocycles. The Balaban J connectivity index is 1.49. The Morgan fingerprint density at radius 3 is 0.755 bits per heavy atom. The molecule has 0 unspecified atom stereocenters. The minimum Gasteiger partial charge on any atom is -0.490 e. The second-order valence-electron chi connectivity index (χ2n) is 19.7. The summed E-state index contributed by atoms with van der Waals surface area (Å²) in [7, 11) is 0. The standard InChI is InChI=1S/C72H82O22/c1-7-61(73)83-43-15-13-41-81-59-37-29-55(69(89-49-21-17-45-85-63(75)9-3)71(59)91-51-23-19-47-87-65(77)11-5)31-39-67(79)93-57-33-25-53(26-34-57)54-27-35-58(36-28-54)94-68(80)40-32-56-30-38-60(82-42-14-16-44-84-62(74)8-2)72(92-52-24-20-48-88-66(78)12-6)70(56)90-50-22-18-46-86-64(76)10-4/h7-12,25-40H,1-6,13-24,41-52H2. The summed E-state index contributed by atoms with van der Waals surface area (Å²) in [5.74, 6) is -2.39. The van der Waals surface area contributed by atoms with Gasteiger partial charge in [0.05, 0.1) is 79.3 Å². The molecule has 0 bridgehead atoms. The molecule has 0 aliphatic heterocycles. The van der Waals surface area contributed by atoms with Gasteiger partial charge in [-0.15, -0.1) is 0 Å². The second kappa shape index (κ2) is 45.6. The summed E-state index contributed by atoms with van der Waals surface area (Å²) < 4.78 is 79.4. The molecule has 0 spiro atoms. The topological polar surface area (TPSA) is 266 Å². The molecule has 0 aromatic heterocycles. The molecular weight excluding hydrogens is 1220 g/mol. The van der Waals surface area contributed by atoms with Gasteiger partial charge in [-0.25, -0.2) is 38.4 Å². The number of unbranched alkanes of at least 4 members (excludes halogenated alkanes) is 6. The van der Waals surface area contributed by atoms with Gasteiger partial charge in [0.15, 0.2) is 23.0 Å². The fourth-order valence-electron chi connectivity index (χ4n) is 7.90. The van der Waals surface area contributed by atoms with Gasteiger partial charge in [0.25, 0.3) is 0 Å². The third kappa shape index (κ3) is 30.4. The molecule has 4 rings (SSSR count). The summed E-state index contributed by atoms with van der Waals surface area (Å²) in [5.41, 5.74) is 2.42. The van der Waals surface area contributed by atoms with Gasteiger partial charge in [0.1, 0.15) is 11.5 Å². The Labute approximate surface area is 547 Å². The molecular formula is C72H82O22. The van der Waals surface area contributed by atoms with Gasteiger partial charge in [0, 0.05) is 59.7 Å². The van der Waals surface area contributed by atoms with Crippen molar-refractivity contribution in [3.63, 3.8) is 0 Å². The maximum atomic E-state index is 13.4. The Kier molecular flexibility index (Phi) is 36.8. The highest BCUT2D eigenvalue weighted by atomic mass is 16.6. The van der Waals surface area contributed by atoms with Crippen LogP contribution in [-0.2, 0) is 66.8 Å². The zero-order chi connectivity index (χ0) is 68.0. The third-order valence-electron chi connectivity index (χ3n) is 12.7. The van der Waals surface area contributed by atoms with Crippen molar-refractivity contribution in [2.75, 3.05) is 79.3 Å². The predicted octanol–water partition coefficient (Wildman–Crippen LogP) is 11.9. The first-order valence-corrected chi connectivity index (χ1v) is 30.6. The summed E-state index contributed by atoms with van der Waals surface area (Å²) in [6.45, 7) is 22.5. The van der Waals surface area contributed by atoms with E-state index >= 15 is 0 Å². The molecule has 22 nitrogen and oxygen atoms in total. The Morgan fingerprint density at radius 2 is 0.500 bits per heavy atom. The first-order chi connectivity index (χ1) is 45.7. The first kappa shape index (κ1) is 75.8. The molecule has 0 saturated heterocycles. The van der Waals surface area contributed by atoms with Crippen molar-refractivity contribution in [1.82, 2.24) is 0 Å². The largest absolute Gasteiger partial charge is 0.490 e. The van der Waals surface area contributed by atoms with Crippen LogP contribution in [0.25, 0.3) is 23.3 Å². The molecule has 4 aromatic rings. The maximum Gasteiger partial charge on any atom is 0.336 e. The highest BCUT2D eigenvalue weighted by Crippen LogP contribution is 2.43. The van der Waals surface area contributed by atoms with Crippen molar-refractivity contribution in [2.45, 2.75) is 77.0 Å². The van der Waals surface area contributed by atoms with Crippen LogP contribution in [0, 0.1) is 0 Å². The number of hydrogen-bond acceptors (Lipinski definition) is 22. The normalized spacial score (nSPS) is 10.6. The Hall–Kier alpha value is -10.6. The van der Waals surface area contributed by atoms with Crippen LogP contribution < -0.4 is 37.9 Å². The minimum absolute atomic E-state index is 0.144. The molecule has 0 fully saturated rings. The molecule has 22 heteroatoms. The van der Waals surface area contributed by atoms with Crippen LogP contribution in [0.1, 0.15) is 88.2 Å². The van der Waals surface area contributed by atoms with E-state index in [-0.39, 0.29) is 114 Å². The van der Waals surface area contributed by atoms with E-state index < -0.39 is 47.8 Å². The average Bonchev–Trinajstić information content (AvgIpc) is 0.900. The molecule has 94 heavy (non-hydrogen) atoms. The van der Waals surface area contributed by atoms with Gasteiger partial charge < -0.3 is 66.3 Å². The number of benzene rings is 4. The van der Waals surface area contributed by atoms with E-state index in [2.05, 4.69) is 39.5 Å². The highest BCUT2D eigenvalue weighted by Gasteiger charge is 2.21. The average molecular weight is 1300 g/mol. The number of rotatable bonds is 49.